The molecule has 1 N–H and O–H groups in total. The topological polar surface area (TPSA) is 64.6 Å². The second kappa shape index (κ2) is 8.53. The highest BCUT2D eigenvalue weighted by Gasteiger charge is 2.01. The van der Waals surface area contributed by atoms with Crippen LogP contribution < -0.4 is 10.1 Å². The van der Waals surface area contributed by atoms with E-state index < -0.39 is 11.9 Å². The lowest BCUT2D eigenvalue weighted by Crippen LogP contribution is -2.09. The zero-order valence-electron chi connectivity index (χ0n) is 11.3. The summed E-state index contributed by atoms with van der Waals surface area (Å²) < 4.78 is 10.0. The Kier molecular flexibility index (Phi) is 6.61. The van der Waals surface area contributed by atoms with Crippen LogP contribution in [0.4, 0.5) is 5.69 Å². The van der Waals surface area contributed by atoms with Gasteiger partial charge < -0.3 is 14.8 Å². The molecule has 1 amide bonds. The Morgan fingerprint density at radius 2 is 2.15 bits per heavy atom. The maximum Gasteiger partial charge on any atom is 0.330 e. The van der Waals surface area contributed by atoms with Crippen molar-refractivity contribution in [3.8, 4) is 5.75 Å². The quantitative estimate of drug-likeness (QED) is 0.471. The standard InChI is InChI=1S/C15H17NO4/c1-3-10-20-13-7-5-6-12(11-13)16-14(17)8-9-15(18)19-4-2/h3,5-9,11H,1,4,10H2,2H3,(H,16,17)/b9-8+. The van der Waals surface area contributed by atoms with E-state index in [4.69, 9.17) is 4.74 Å². The first-order valence-electron chi connectivity index (χ1n) is 6.15. The van der Waals surface area contributed by atoms with Crippen LogP contribution in [-0.2, 0) is 14.3 Å². The zero-order valence-corrected chi connectivity index (χ0v) is 11.3. The molecule has 0 fully saturated rings. The van der Waals surface area contributed by atoms with Gasteiger partial charge in [0, 0.05) is 23.9 Å². The molecule has 0 heterocycles. The summed E-state index contributed by atoms with van der Waals surface area (Å²) in [7, 11) is 0. The fraction of sp³-hybridized carbons (Fsp3) is 0.200. The molecule has 5 nitrogen and oxygen atoms in total. The van der Waals surface area contributed by atoms with Crippen LogP contribution >= 0.6 is 0 Å². The van der Waals surface area contributed by atoms with Crippen LogP contribution in [0.2, 0.25) is 0 Å². The molecular weight excluding hydrogens is 258 g/mol. The number of rotatable bonds is 7. The van der Waals surface area contributed by atoms with E-state index >= 15 is 0 Å². The highest BCUT2D eigenvalue weighted by Crippen LogP contribution is 2.17. The average Bonchev–Trinajstić information content (AvgIpc) is 2.44. The fourth-order valence-electron chi connectivity index (χ4n) is 1.34. The van der Waals surface area contributed by atoms with Crippen molar-refractivity contribution in [2.75, 3.05) is 18.5 Å². The predicted molar refractivity (Wildman–Crippen MR) is 76.5 cm³/mol. The Labute approximate surface area is 117 Å². The number of benzene rings is 1. The van der Waals surface area contributed by atoms with Crippen LogP contribution in [0.5, 0.6) is 5.75 Å². The van der Waals surface area contributed by atoms with Gasteiger partial charge in [0.1, 0.15) is 12.4 Å². The van der Waals surface area contributed by atoms with Crippen molar-refractivity contribution in [2.45, 2.75) is 6.92 Å². The summed E-state index contributed by atoms with van der Waals surface area (Å²) in [6.45, 7) is 5.91. The van der Waals surface area contributed by atoms with E-state index in [1.807, 2.05) is 0 Å². The largest absolute Gasteiger partial charge is 0.489 e. The third kappa shape index (κ3) is 5.86. The van der Waals surface area contributed by atoms with Gasteiger partial charge in [-0.25, -0.2) is 4.79 Å². The zero-order chi connectivity index (χ0) is 14.8. The molecule has 5 heteroatoms. The van der Waals surface area contributed by atoms with Gasteiger partial charge in [-0.05, 0) is 19.1 Å². The minimum absolute atomic E-state index is 0.271. The van der Waals surface area contributed by atoms with Crippen LogP contribution in [0.15, 0.2) is 49.1 Å². The molecule has 0 aliphatic rings. The molecule has 1 aromatic carbocycles. The molecule has 0 saturated heterocycles. The third-order valence-corrected chi connectivity index (χ3v) is 2.13. The molecule has 0 bridgehead atoms. The Balaban J connectivity index is 2.57. The van der Waals surface area contributed by atoms with E-state index in [2.05, 4.69) is 16.6 Å². The Morgan fingerprint density at radius 3 is 2.85 bits per heavy atom. The van der Waals surface area contributed by atoms with Gasteiger partial charge in [-0.1, -0.05) is 18.7 Å². The first-order valence-corrected chi connectivity index (χ1v) is 6.15. The highest BCUT2D eigenvalue weighted by molar-refractivity contribution is 6.02. The summed E-state index contributed by atoms with van der Waals surface area (Å²) in [5, 5.41) is 2.62. The number of ether oxygens (including phenoxy) is 2. The summed E-state index contributed by atoms with van der Waals surface area (Å²) in [6.07, 6.45) is 3.83. The van der Waals surface area contributed by atoms with E-state index in [0.29, 0.717) is 18.0 Å². The number of esters is 1. The SMILES string of the molecule is C=CCOc1cccc(NC(=O)/C=C/C(=O)OCC)c1. The second-order valence-corrected chi connectivity index (χ2v) is 3.70. The normalized spacial score (nSPS) is 10.1. The molecule has 0 aliphatic carbocycles. The second-order valence-electron chi connectivity index (χ2n) is 3.70. The molecule has 0 spiro atoms. The van der Waals surface area contributed by atoms with Gasteiger partial charge in [0.15, 0.2) is 0 Å². The Bertz CT molecular complexity index is 508. The molecule has 0 saturated carbocycles. The van der Waals surface area contributed by atoms with Crippen molar-refractivity contribution in [3.05, 3.63) is 49.1 Å². The van der Waals surface area contributed by atoms with E-state index in [0.717, 1.165) is 12.2 Å². The number of carbonyl (C=O) groups excluding carboxylic acids is 2. The minimum Gasteiger partial charge on any atom is -0.489 e. The van der Waals surface area contributed by atoms with Crippen molar-refractivity contribution in [1.29, 1.82) is 0 Å². The number of hydrogen-bond acceptors (Lipinski definition) is 4. The number of carbonyl (C=O) groups is 2. The predicted octanol–water partition coefficient (Wildman–Crippen LogP) is 2.31. The third-order valence-electron chi connectivity index (χ3n) is 2.13. The van der Waals surface area contributed by atoms with Gasteiger partial charge in [0.25, 0.3) is 0 Å². The molecule has 0 atom stereocenters. The Hall–Kier alpha value is -2.56. The van der Waals surface area contributed by atoms with Gasteiger partial charge >= 0.3 is 5.97 Å². The van der Waals surface area contributed by atoms with Crippen LogP contribution in [0, 0.1) is 0 Å². The molecule has 20 heavy (non-hydrogen) atoms. The molecule has 0 aliphatic heterocycles. The van der Waals surface area contributed by atoms with E-state index in [9.17, 15) is 9.59 Å². The highest BCUT2D eigenvalue weighted by atomic mass is 16.5. The van der Waals surface area contributed by atoms with E-state index in [1.54, 1.807) is 37.3 Å². The fourth-order valence-corrected chi connectivity index (χ4v) is 1.34. The van der Waals surface area contributed by atoms with Crippen LogP contribution in [0.1, 0.15) is 6.92 Å². The number of hydrogen-bond donors (Lipinski definition) is 1. The van der Waals surface area contributed by atoms with Gasteiger partial charge in [0.2, 0.25) is 5.91 Å². The lowest BCUT2D eigenvalue weighted by Gasteiger charge is -2.06. The molecule has 0 unspecified atom stereocenters. The van der Waals surface area contributed by atoms with E-state index in [-0.39, 0.29) is 6.61 Å². The maximum atomic E-state index is 11.6. The lowest BCUT2D eigenvalue weighted by molar-refractivity contribution is -0.137. The van der Waals surface area contributed by atoms with Crippen LogP contribution in [0.25, 0.3) is 0 Å². The van der Waals surface area contributed by atoms with Gasteiger partial charge in [0.05, 0.1) is 6.61 Å². The van der Waals surface area contributed by atoms with Gasteiger partial charge in [-0.3, -0.25) is 4.79 Å². The Morgan fingerprint density at radius 1 is 1.35 bits per heavy atom. The van der Waals surface area contributed by atoms with Gasteiger partial charge in [-0.2, -0.15) is 0 Å². The smallest absolute Gasteiger partial charge is 0.330 e. The van der Waals surface area contributed by atoms with Crippen molar-refractivity contribution in [3.63, 3.8) is 0 Å². The summed E-state index contributed by atoms with van der Waals surface area (Å²) >= 11 is 0. The summed E-state index contributed by atoms with van der Waals surface area (Å²) in [4.78, 5) is 22.6. The van der Waals surface area contributed by atoms with Crippen molar-refractivity contribution in [2.24, 2.45) is 0 Å². The lowest BCUT2D eigenvalue weighted by atomic mass is 10.3. The minimum atomic E-state index is -0.550. The monoisotopic (exact) mass is 275 g/mol. The van der Waals surface area contributed by atoms with Crippen molar-refractivity contribution < 1.29 is 19.1 Å². The molecule has 106 valence electrons. The summed E-state index contributed by atoms with van der Waals surface area (Å²) in [6, 6.07) is 6.92. The molecule has 0 radical (unpaired) electrons. The molecular formula is C15H17NO4. The summed E-state index contributed by atoms with van der Waals surface area (Å²) in [5.74, 6) is -0.346. The van der Waals surface area contributed by atoms with Gasteiger partial charge in [-0.15, -0.1) is 0 Å². The molecule has 1 rings (SSSR count). The first-order chi connectivity index (χ1) is 9.65. The number of amides is 1. The maximum absolute atomic E-state index is 11.6. The number of nitrogens with one attached hydrogen (secondary N) is 1. The first kappa shape index (κ1) is 15.5. The van der Waals surface area contributed by atoms with Crippen LogP contribution in [0.3, 0.4) is 0 Å². The van der Waals surface area contributed by atoms with E-state index in [1.165, 1.54) is 0 Å². The molecule has 1 aromatic rings. The molecule has 0 aromatic heterocycles. The van der Waals surface area contributed by atoms with Crippen LogP contribution in [-0.4, -0.2) is 25.1 Å². The summed E-state index contributed by atoms with van der Waals surface area (Å²) in [5.41, 5.74) is 0.574. The average molecular weight is 275 g/mol. The number of anilines is 1. The van der Waals surface area contributed by atoms with Crippen molar-refractivity contribution >= 4 is 17.6 Å². The van der Waals surface area contributed by atoms with Crippen molar-refractivity contribution in [1.82, 2.24) is 0 Å².